The monoisotopic (exact) mass is 418 g/mol. The summed E-state index contributed by atoms with van der Waals surface area (Å²) in [5.41, 5.74) is 1.73. The number of rotatable bonds is 6. The number of nitrogens with one attached hydrogen (secondary N) is 1. The van der Waals surface area contributed by atoms with Crippen molar-refractivity contribution in [2.45, 2.75) is 12.8 Å². The fourth-order valence-electron chi connectivity index (χ4n) is 2.22. The molecule has 0 aromatic heterocycles. The number of hydrogen-bond acceptors (Lipinski definition) is 3. The lowest BCUT2D eigenvalue weighted by molar-refractivity contribution is -0.117. The van der Waals surface area contributed by atoms with Gasteiger partial charge < -0.3 is 10.4 Å². The minimum absolute atomic E-state index is 0.0200. The van der Waals surface area contributed by atoms with Gasteiger partial charge in [0.15, 0.2) is 0 Å². The van der Waals surface area contributed by atoms with Crippen molar-refractivity contribution in [2.24, 2.45) is 0 Å². The molecule has 0 aliphatic heterocycles. The average Bonchev–Trinajstić information content (AvgIpc) is 2.61. The molecular formula is C19H16BrClN2O2. The number of nitrogens with zero attached hydrogens (tertiary/aromatic N) is 1. The fraction of sp³-hybridized carbons (Fsp3) is 0.158. The highest BCUT2D eigenvalue weighted by atomic mass is 79.9. The Kier molecular flexibility index (Phi) is 7.05. The highest BCUT2D eigenvalue weighted by Crippen LogP contribution is 2.33. The van der Waals surface area contributed by atoms with Gasteiger partial charge in [0, 0.05) is 6.54 Å². The zero-order valence-corrected chi connectivity index (χ0v) is 15.6. The molecule has 2 rings (SSSR count). The summed E-state index contributed by atoms with van der Waals surface area (Å²) in [7, 11) is 0. The number of carbonyl (C=O) groups is 1. The second kappa shape index (κ2) is 9.26. The van der Waals surface area contributed by atoms with Gasteiger partial charge in [0.05, 0.1) is 9.50 Å². The quantitative estimate of drug-likeness (QED) is 0.412. The first-order valence-electron chi connectivity index (χ1n) is 7.63. The summed E-state index contributed by atoms with van der Waals surface area (Å²) in [5.74, 6) is -0.515. The van der Waals surface area contributed by atoms with Crippen LogP contribution in [0.25, 0.3) is 6.08 Å². The van der Waals surface area contributed by atoms with Gasteiger partial charge in [0.2, 0.25) is 0 Å². The molecule has 128 valence electrons. The zero-order valence-electron chi connectivity index (χ0n) is 13.3. The number of aryl methyl sites for hydroxylation is 1. The largest absolute Gasteiger partial charge is 0.505 e. The third-order valence-electron chi connectivity index (χ3n) is 3.49. The van der Waals surface area contributed by atoms with Crippen molar-refractivity contribution in [3.8, 4) is 11.8 Å². The van der Waals surface area contributed by atoms with Crippen LogP contribution in [0.2, 0.25) is 5.02 Å². The maximum Gasteiger partial charge on any atom is 0.261 e. The van der Waals surface area contributed by atoms with Crippen LogP contribution >= 0.6 is 27.5 Å². The van der Waals surface area contributed by atoms with E-state index in [9.17, 15) is 15.2 Å². The van der Waals surface area contributed by atoms with Gasteiger partial charge in [0.25, 0.3) is 5.91 Å². The van der Waals surface area contributed by atoms with Crippen molar-refractivity contribution >= 4 is 39.5 Å². The summed E-state index contributed by atoms with van der Waals surface area (Å²) in [5, 5.41) is 21.7. The summed E-state index contributed by atoms with van der Waals surface area (Å²) >= 11 is 9.07. The standard InChI is InChI=1S/C19H16BrClN2O2/c20-16-10-14(11-17(21)18(16)24)9-15(12-22)19(25)23-8-4-7-13-5-2-1-3-6-13/h1-3,5-6,9-11,24H,4,7-8H2,(H,23,25)/b15-9-. The molecule has 0 atom stereocenters. The van der Waals surface area contributed by atoms with Crippen LogP contribution in [0, 0.1) is 11.3 Å². The van der Waals surface area contributed by atoms with E-state index in [4.69, 9.17) is 11.6 Å². The lowest BCUT2D eigenvalue weighted by atomic mass is 10.1. The van der Waals surface area contributed by atoms with Gasteiger partial charge in [-0.1, -0.05) is 41.9 Å². The van der Waals surface area contributed by atoms with Gasteiger partial charge in [-0.3, -0.25) is 4.79 Å². The summed E-state index contributed by atoms with van der Waals surface area (Å²) in [6.45, 7) is 0.479. The maximum atomic E-state index is 12.1. The number of halogens is 2. The third kappa shape index (κ3) is 5.63. The molecule has 0 aliphatic rings. The highest BCUT2D eigenvalue weighted by molar-refractivity contribution is 9.10. The predicted molar refractivity (Wildman–Crippen MR) is 102 cm³/mol. The molecular weight excluding hydrogens is 404 g/mol. The SMILES string of the molecule is N#C/C(=C/c1cc(Cl)c(O)c(Br)c1)C(=O)NCCCc1ccccc1. The van der Waals surface area contributed by atoms with Gasteiger partial charge >= 0.3 is 0 Å². The Labute approximate surface area is 159 Å². The molecule has 0 saturated heterocycles. The third-order valence-corrected chi connectivity index (χ3v) is 4.38. The van der Waals surface area contributed by atoms with Crippen LogP contribution in [-0.4, -0.2) is 17.6 Å². The second-order valence-electron chi connectivity index (χ2n) is 5.35. The Morgan fingerprint density at radius 1 is 1.32 bits per heavy atom. The van der Waals surface area contributed by atoms with Crippen LogP contribution in [0.5, 0.6) is 5.75 Å². The molecule has 1 amide bonds. The fourth-order valence-corrected chi connectivity index (χ4v) is 3.04. The highest BCUT2D eigenvalue weighted by Gasteiger charge is 2.10. The van der Waals surface area contributed by atoms with Crippen LogP contribution < -0.4 is 5.32 Å². The van der Waals surface area contributed by atoms with Gasteiger partial charge in [-0.15, -0.1) is 0 Å². The Hall–Kier alpha value is -2.29. The summed E-state index contributed by atoms with van der Waals surface area (Å²) in [4.78, 5) is 12.1. The first-order valence-corrected chi connectivity index (χ1v) is 8.80. The summed E-state index contributed by atoms with van der Waals surface area (Å²) < 4.78 is 0.395. The first-order chi connectivity index (χ1) is 12.0. The molecule has 0 unspecified atom stereocenters. The number of benzene rings is 2. The Morgan fingerprint density at radius 3 is 2.68 bits per heavy atom. The number of carbonyl (C=O) groups excluding carboxylic acids is 1. The number of aromatic hydroxyl groups is 1. The van der Waals surface area contributed by atoms with E-state index in [1.54, 1.807) is 6.07 Å². The molecule has 4 nitrogen and oxygen atoms in total. The summed E-state index contributed by atoms with van der Waals surface area (Å²) in [6, 6.07) is 15.0. The zero-order chi connectivity index (χ0) is 18.2. The molecule has 0 aliphatic carbocycles. The van der Waals surface area contributed by atoms with E-state index in [1.807, 2.05) is 36.4 Å². The number of nitriles is 1. The minimum Gasteiger partial charge on any atom is -0.505 e. The topological polar surface area (TPSA) is 73.1 Å². The number of amides is 1. The van der Waals surface area contributed by atoms with Crippen molar-refractivity contribution in [3.05, 3.63) is 68.7 Å². The maximum absolute atomic E-state index is 12.1. The molecule has 2 N–H and O–H groups in total. The average molecular weight is 420 g/mol. The van der Waals surface area contributed by atoms with Crippen LogP contribution in [0.15, 0.2) is 52.5 Å². The molecule has 6 heteroatoms. The molecule has 0 saturated carbocycles. The smallest absolute Gasteiger partial charge is 0.261 e. The Morgan fingerprint density at radius 2 is 2.04 bits per heavy atom. The lowest BCUT2D eigenvalue weighted by Gasteiger charge is -2.06. The van der Waals surface area contributed by atoms with Crippen LogP contribution in [0.1, 0.15) is 17.5 Å². The van der Waals surface area contributed by atoms with Gasteiger partial charge in [-0.05, 0) is 58.1 Å². The number of phenolic OH excluding ortho intramolecular Hbond substituents is 1. The predicted octanol–water partition coefficient (Wildman–Crippen LogP) is 4.46. The van der Waals surface area contributed by atoms with Crippen molar-refractivity contribution in [1.82, 2.24) is 5.32 Å². The Balaban J connectivity index is 1.95. The molecule has 2 aromatic rings. The van der Waals surface area contributed by atoms with E-state index >= 15 is 0 Å². The van der Waals surface area contributed by atoms with Crippen molar-refractivity contribution in [3.63, 3.8) is 0 Å². The minimum atomic E-state index is -0.434. The molecule has 0 spiro atoms. The second-order valence-corrected chi connectivity index (χ2v) is 6.61. The normalized spacial score (nSPS) is 11.0. The van der Waals surface area contributed by atoms with Crippen molar-refractivity contribution < 1.29 is 9.90 Å². The van der Waals surface area contributed by atoms with Crippen LogP contribution in [0.3, 0.4) is 0 Å². The van der Waals surface area contributed by atoms with E-state index < -0.39 is 5.91 Å². The Bertz CT molecular complexity index is 806. The van der Waals surface area contributed by atoms with Gasteiger partial charge in [-0.25, -0.2) is 0 Å². The van der Waals surface area contributed by atoms with Gasteiger partial charge in [0.1, 0.15) is 17.4 Å². The molecule has 2 aromatic carbocycles. The van der Waals surface area contributed by atoms with Crippen LogP contribution in [-0.2, 0) is 11.2 Å². The van der Waals surface area contributed by atoms with E-state index in [0.717, 1.165) is 12.8 Å². The number of hydrogen-bond donors (Lipinski definition) is 2. The van der Waals surface area contributed by atoms with Crippen LogP contribution in [0.4, 0.5) is 0 Å². The summed E-state index contributed by atoms with van der Waals surface area (Å²) in [6.07, 6.45) is 3.07. The molecule has 25 heavy (non-hydrogen) atoms. The lowest BCUT2D eigenvalue weighted by Crippen LogP contribution is -2.25. The molecule has 0 radical (unpaired) electrons. The van der Waals surface area contributed by atoms with E-state index in [1.165, 1.54) is 17.7 Å². The van der Waals surface area contributed by atoms with Gasteiger partial charge in [-0.2, -0.15) is 5.26 Å². The molecule has 0 bridgehead atoms. The molecule has 0 fully saturated rings. The number of phenols is 1. The van der Waals surface area contributed by atoms with Crippen molar-refractivity contribution in [2.75, 3.05) is 6.54 Å². The van der Waals surface area contributed by atoms with E-state index in [2.05, 4.69) is 21.2 Å². The van der Waals surface area contributed by atoms with E-state index in [-0.39, 0.29) is 16.3 Å². The van der Waals surface area contributed by atoms with Crippen molar-refractivity contribution in [1.29, 1.82) is 5.26 Å². The molecule has 0 heterocycles. The van der Waals surface area contributed by atoms with E-state index in [0.29, 0.717) is 16.6 Å². The first kappa shape index (κ1) is 19.0.